The number of carbonyl (C=O) groups excluding carboxylic acids is 2. The number of allylic oxidation sites excluding steroid dienone is 1. The second kappa shape index (κ2) is 10.1. The lowest BCUT2D eigenvalue weighted by molar-refractivity contribution is -0.255. The number of esters is 1. The van der Waals surface area contributed by atoms with Crippen LogP contribution in [-0.2, 0) is 9.53 Å². The van der Waals surface area contributed by atoms with Gasteiger partial charge in [0, 0.05) is 17.2 Å². The van der Waals surface area contributed by atoms with Gasteiger partial charge in [-0.25, -0.2) is 9.79 Å². The van der Waals surface area contributed by atoms with Crippen molar-refractivity contribution in [1.29, 1.82) is 0 Å². The summed E-state index contributed by atoms with van der Waals surface area (Å²) in [6.45, 7) is 5.36. The van der Waals surface area contributed by atoms with Crippen molar-refractivity contribution in [3.63, 3.8) is 0 Å². The Labute approximate surface area is 221 Å². The average molecular weight is 528 g/mol. The SMILES string of the molecule is CCOC(=O)C1=C(C)N=c2s/c(=C\c3ccc(-c4cccc(C(=O)[O-])c4C)o3)c(=O)n2[C@H]1c1ccccc1. The minimum Gasteiger partial charge on any atom is -0.545 e. The lowest BCUT2D eigenvalue weighted by Gasteiger charge is -2.24. The zero-order chi connectivity index (χ0) is 27.0. The number of aromatic nitrogens is 1. The van der Waals surface area contributed by atoms with E-state index in [2.05, 4.69) is 4.99 Å². The maximum Gasteiger partial charge on any atom is 0.338 e. The Morgan fingerprint density at radius 1 is 1.11 bits per heavy atom. The molecule has 0 unspecified atom stereocenters. The van der Waals surface area contributed by atoms with E-state index < -0.39 is 18.0 Å². The van der Waals surface area contributed by atoms with Gasteiger partial charge in [-0.2, -0.15) is 0 Å². The first-order chi connectivity index (χ1) is 18.3. The van der Waals surface area contributed by atoms with Crippen LogP contribution < -0.4 is 20.0 Å². The van der Waals surface area contributed by atoms with E-state index >= 15 is 0 Å². The van der Waals surface area contributed by atoms with Crippen LogP contribution in [0.25, 0.3) is 17.4 Å². The highest BCUT2D eigenvalue weighted by Gasteiger charge is 2.33. The number of benzene rings is 2. The van der Waals surface area contributed by atoms with Crippen molar-refractivity contribution in [2.24, 2.45) is 4.99 Å². The van der Waals surface area contributed by atoms with Crippen molar-refractivity contribution in [3.8, 4) is 11.3 Å². The van der Waals surface area contributed by atoms with Crippen LogP contribution in [0.4, 0.5) is 0 Å². The summed E-state index contributed by atoms with van der Waals surface area (Å²) in [7, 11) is 0. The summed E-state index contributed by atoms with van der Waals surface area (Å²) in [6, 6.07) is 16.9. The third-order valence-corrected chi connectivity index (χ3v) is 7.33. The van der Waals surface area contributed by atoms with Gasteiger partial charge in [0.2, 0.25) is 0 Å². The van der Waals surface area contributed by atoms with Crippen LogP contribution in [0.1, 0.15) is 47.1 Å². The van der Waals surface area contributed by atoms with E-state index in [0.717, 1.165) is 5.56 Å². The smallest absolute Gasteiger partial charge is 0.338 e. The molecule has 1 aliphatic heterocycles. The van der Waals surface area contributed by atoms with Gasteiger partial charge in [-0.3, -0.25) is 9.36 Å². The fourth-order valence-electron chi connectivity index (χ4n) is 4.57. The van der Waals surface area contributed by atoms with Crippen LogP contribution in [0.3, 0.4) is 0 Å². The molecule has 0 saturated heterocycles. The highest BCUT2D eigenvalue weighted by molar-refractivity contribution is 7.07. The molecule has 3 heterocycles. The first-order valence-electron chi connectivity index (χ1n) is 12.0. The number of nitrogens with zero attached hydrogens (tertiary/aromatic N) is 2. The Morgan fingerprint density at radius 2 is 1.87 bits per heavy atom. The molecule has 5 rings (SSSR count). The highest BCUT2D eigenvalue weighted by atomic mass is 32.1. The van der Waals surface area contributed by atoms with E-state index in [1.54, 1.807) is 51.1 Å². The summed E-state index contributed by atoms with van der Waals surface area (Å²) < 4.78 is 13.2. The van der Waals surface area contributed by atoms with Crippen molar-refractivity contribution in [3.05, 3.63) is 114 Å². The number of carboxylic acid groups (broad SMARTS) is 1. The van der Waals surface area contributed by atoms with Crippen molar-refractivity contribution >= 4 is 29.4 Å². The molecule has 9 heteroatoms. The number of hydrogen-bond donors (Lipinski definition) is 0. The molecule has 0 bridgehead atoms. The molecule has 4 aromatic rings. The minimum atomic E-state index is -1.26. The lowest BCUT2D eigenvalue weighted by atomic mass is 9.96. The topological polar surface area (TPSA) is 114 Å². The van der Waals surface area contributed by atoms with Gasteiger partial charge in [-0.1, -0.05) is 59.9 Å². The van der Waals surface area contributed by atoms with E-state index in [9.17, 15) is 19.5 Å². The van der Waals surface area contributed by atoms with E-state index in [0.29, 0.717) is 43.3 Å². The molecule has 0 aliphatic carbocycles. The van der Waals surface area contributed by atoms with Gasteiger partial charge in [0.15, 0.2) is 4.80 Å². The van der Waals surface area contributed by atoms with Crippen LogP contribution in [0.5, 0.6) is 0 Å². The third-order valence-electron chi connectivity index (χ3n) is 6.35. The van der Waals surface area contributed by atoms with Gasteiger partial charge in [0.05, 0.1) is 34.4 Å². The number of furan rings is 1. The fourth-order valence-corrected chi connectivity index (χ4v) is 5.60. The van der Waals surface area contributed by atoms with E-state index in [1.807, 2.05) is 30.3 Å². The molecule has 8 nitrogen and oxygen atoms in total. The molecular weight excluding hydrogens is 504 g/mol. The monoisotopic (exact) mass is 527 g/mol. The van der Waals surface area contributed by atoms with Crippen molar-refractivity contribution in [1.82, 2.24) is 4.57 Å². The standard InChI is InChI=1S/C29H24N2O6S/c1-4-36-28(35)24-17(3)30-29-31(25(24)18-9-6-5-7-10-18)26(32)23(38-29)15-19-13-14-22(37-19)20-11-8-12-21(16(20)2)27(33)34/h5-15,25H,4H2,1-3H3,(H,33,34)/p-1/b23-15-/t25-/m0/s1. The number of fused-ring (bicyclic) bond motifs is 1. The number of thiazole rings is 1. The molecule has 1 atom stereocenters. The van der Waals surface area contributed by atoms with E-state index in [-0.39, 0.29) is 17.7 Å². The lowest BCUT2D eigenvalue weighted by Crippen LogP contribution is -2.39. The molecule has 0 spiro atoms. The zero-order valence-electron chi connectivity index (χ0n) is 20.9. The first-order valence-corrected chi connectivity index (χ1v) is 12.8. The average Bonchev–Trinajstić information content (AvgIpc) is 3.48. The third kappa shape index (κ3) is 4.41. The van der Waals surface area contributed by atoms with E-state index in [1.165, 1.54) is 22.0 Å². The number of ether oxygens (including phenoxy) is 1. The van der Waals surface area contributed by atoms with Crippen molar-refractivity contribution < 1.29 is 23.8 Å². The number of carbonyl (C=O) groups is 2. The van der Waals surface area contributed by atoms with Crippen LogP contribution in [-0.4, -0.2) is 23.1 Å². The second-order valence-corrected chi connectivity index (χ2v) is 9.69. The molecule has 38 heavy (non-hydrogen) atoms. The van der Waals surface area contributed by atoms with Crippen LogP contribution in [0.2, 0.25) is 0 Å². The maximum absolute atomic E-state index is 13.7. The van der Waals surface area contributed by atoms with Crippen molar-refractivity contribution in [2.75, 3.05) is 6.61 Å². The Kier molecular flexibility index (Phi) is 6.69. The Bertz CT molecular complexity index is 1780. The quantitative estimate of drug-likeness (QED) is 0.356. The highest BCUT2D eigenvalue weighted by Crippen LogP contribution is 2.31. The molecule has 1 aliphatic rings. The summed E-state index contributed by atoms with van der Waals surface area (Å²) in [6.07, 6.45) is 1.62. The molecule has 2 aromatic carbocycles. The summed E-state index contributed by atoms with van der Waals surface area (Å²) in [5.41, 5.74) is 2.49. The summed E-state index contributed by atoms with van der Waals surface area (Å²) in [4.78, 5) is 43.1. The molecule has 0 fully saturated rings. The first kappa shape index (κ1) is 25.2. The fraction of sp³-hybridized carbons (Fsp3) is 0.172. The number of carboxylic acids is 1. The Balaban J connectivity index is 1.62. The molecule has 2 aromatic heterocycles. The van der Waals surface area contributed by atoms with Crippen LogP contribution in [0.15, 0.2) is 86.1 Å². The molecular formula is C29H23N2O6S-. The van der Waals surface area contributed by atoms with Crippen LogP contribution in [0, 0.1) is 6.92 Å². The van der Waals surface area contributed by atoms with Crippen LogP contribution >= 0.6 is 11.3 Å². The Hall–Kier alpha value is -4.50. The predicted octanol–water partition coefficient (Wildman–Crippen LogP) is 2.73. The van der Waals surface area contributed by atoms with Gasteiger partial charge >= 0.3 is 5.97 Å². The predicted molar refractivity (Wildman–Crippen MR) is 140 cm³/mol. The molecule has 192 valence electrons. The second-order valence-electron chi connectivity index (χ2n) is 8.68. The molecule has 0 amide bonds. The number of hydrogen-bond acceptors (Lipinski definition) is 8. The molecule has 0 N–H and O–H groups in total. The summed E-state index contributed by atoms with van der Waals surface area (Å²) >= 11 is 1.20. The summed E-state index contributed by atoms with van der Waals surface area (Å²) in [5, 5.41) is 11.4. The van der Waals surface area contributed by atoms with E-state index in [4.69, 9.17) is 9.15 Å². The largest absolute Gasteiger partial charge is 0.545 e. The molecule has 0 saturated carbocycles. The van der Waals surface area contributed by atoms with Crippen molar-refractivity contribution in [2.45, 2.75) is 26.8 Å². The van der Waals surface area contributed by atoms with Gasteiger partial charge in [-0.15, -0.1) is 0 Å². The maximum atomic E-state index is 13.7. The number of aromatic carboxylic acids is 1. The van der Waals surface area contributed by atoms with Gasteiger partial charge < -0.3 is 19.1 Å². The number of rotatable bonds is 6. The van der Waals surface area contributed by atoms with Gasteiger partial charge in [-0.05, 0) is 44.0 Å². The minimum absolute atomic E-state index is 0.0856. The Morgan fingerprint density at radius 3 is 2.58 bits per heavy atom. The molecule has 0 radical (unpaired) electrons. The summed E-state index contributed by atoms with van der Waals surface area (Å²) in [5.74, 6) is -0.891. The van der Waals surface area contributed by atoms with Gasteiger partial charge in [0.1, 0.15) is 11.5 Å². The zero-order valence-corrected chi connectivity index (χ0v) is 21.7. The normalized spacial score (nSPS) is 15.2. The van der Waals surface area contributed by atoms with Gasteiger partial charge in [0.25, 0.3) is 5.56 Å².